The molecule has 1 aromatic heterocycles. The van der Waals surface area contributed by atoms with Crippen LogP contribution in [0.15, 0.2) is 15.5 Å². The van der Waals surface area contributed by atoms with Crippen LogP contribution in [0.2, 0.25) is 0 Å². The Hall–Kier alpha value is -1.14. The molecule has 5 nitrogen and oxygen atoms in total. The summed E-state index contributed by atoms with van der Waals surface area (Å²) < 4.78 is 6.77. The molecule has 1 heterocycles. The van der Waals surface area contributed by atoms with Crippen LogP contribution in [0.1, 0.15) is 15.9 Å². The molecule has 1 rings (SSSR count). The lowest BCUT2D eigenvalue weighted by molar-refractivity contribution is 0.0693. The standard InChI is InChI=1S/C10H12BrNO4/c1-6-7(11)5-12(3-4-16-2)9(13)8(6)10(14)15/h5H,3-4H2,1-2H3,(H,14,15). The van der Waals surface area contributed by atoms with E-state index in [-0.39, 0.29) is 5.56 Å². The van der Waals surface area contributed by atoms with Crippen LogP contribution in [-0.2, 0) is 11.3 Å². The van der Waals surface area contributed by atoms with Gasteiger partial charge in [0.25, 0.3) is 5.56 Å². The maximum atomic E-state index is 11.8. The van der Waals surface area contributed by atoms with Crippen molar-refractivity contribution in [1.82, 2.24) is 4.57 Å². The van der Waals surface area contributed by atoms with E-state index in [0.29, 0.717) is 23.2 Å². The van der Waals surface area contributed by atoms with Gasteiger partial charge in [0.05, 0.1) is 6.61 Å². The number of nitrogens with zero attached hydrogens (tertiary/aromatic N) is 1. The van der Waals surface area contributed by atoms with Crippen molar-refractivity contribution in [2.75, 3.05) is 13.7 Å². The summed E-state index contributed by atoms with van der Waals surface area (Å²) in [4.78, 5) is 22.8. The van der Waals surface area contributed by atoms with Crippen LogP contribution in [0.25, 0.3) is 0 Å². The number of carbonyl (C=O) groups is 1. The van der Waals surface area contributed by atoms with Gasteiger partial charge in [0, 0.05) is 24.3 Å². The van der Waals surface area contributed by atoms with Crippen molar-refractivity contribution in [2.45, 2.75) is 13.5 Å². The molecule has 0 spiro atoms. The summed E-state index contributed by atoms with van der Waals surface area (Å²) >= 11 is 3.23. The molecular formula is C10H12BrNO4. The second-order valence-electron chi connectivity index (χ2n) is 3.27. The summed E-state index contributed by atoms with van der Waals surface area (Å²) in [5.41, 5.74) is -0.276. The molecule has 88 valence electrons. The largest absolute Gasteiger partial charge is 0.477 e. The minimum absolute atomic E-state index is 0.203. The van der Waals surface area contributed by atoms with Crippen LogP contribution in [0, 0.1) is 6.92 Å². The van der Waals surface area contributed by atoms with Gasteiger partial charge in [-0.05, 0) is 28.4 Å². The normalized spacial score (nSPS) is 10.4. The number of rotatable bonds is 4. The smallest absolute Gasteiger partial charge is 0.341 e. The molecule has 0 aromatic carbocycles. The Labute approximate surface area is 101 Å². The molecule has 0 fully saturated rings. The van der Waals surface area contributed by atoms with Gasteiger partial charge in [-0.1, -0.05) is 0 Å². The van der Waals surface area contributed by atoms with Crippen LogP contribution < -0.4 is 5.56 Å². The average molecular weight is 290 g/mol. The molecule has 1 aromatic rings. The lowest BCUT2D eigenvalue weighted by atomic mass is 10.1. The number of methoxy groups -OCH3 is 1. The Kier molecular flexibility index (Phi) is 4.26. The predicted molar refractivity (Wildman–Crippen MR) is 62.0 cm³/mol. The van der Waals surface area contributed by atoms with Crippen LogP contribution in [0.5, 0.6) is 0 Å². The molecule has 1 N–H and O–H groups in total. The van der Waals surface area contributed by atoms with Gasteiger partial charge in [0.2, 0.25) is 0 Å². The van der Waals surface area contributed by atoms with E-state index in [1.54, 1.807) is 13.1 Å². The van der Waals surface area contributed by atoms with Gasteiger partial charge in [-0.15, -0.1) is 0 Å². The minimum Gasteiger partial charge on any atom is -0.477 e. The van der Waals surface area contributed by atoms with Crippen molar-refractivity contribution in [3.63, 3.8) is 0 Å². The van der Waals surface area contributed by atoms with E-state index in [4.69, 9.17) is 9.84 Å². The van der Waals surface area contributed by atoms with Crippen molar-refractivity contribution in [3.05, 3.63) is 32.2 Å². The van der Waals surface area contributed by atoms with Gasteiger partial charge in [-0.25, -0.2) is 4.79 Å². The SMILES string of the molecule is COCCn1cc(Br)c(C)c(C(=O)O)c1=O. The maximum absolute atomic E-state index is 11.8. The van der Waals surface area contributed by atoms with Crippen molar-refractivity contribution < 1.29 is 14.6 Å². The number of ether oxygens (including phenoxy) is 1. The van der Waals surface area contributed by atoms with Gasteiger partial charge >= 0.3 is 5.97 Å². The van der Waals surface area contributed by atoms with Gasteiger partial charge in [0.15, 0.2) is 0 Å². The fourth-order valence-electron chi connectivity index (χ4n) is 1.32. The van der Waals surface area contributed by atoms with Gasteiger partial charge in [-0.3, -0.25) is 4.79 Å². The molecular weight excluding hydrogens is 278 g/mol. The Morgan fingerprint density at radius 3 is 2.75 bits per heavy atom. The van der Waals surface area contributed by atoms with E-state index in [9.17, 15) is 9.59 Å². The first-order valence-electron chi connectivity index (χ1n) is 4.60. The maximum Gasteiger partial charge on any atom is 0.341 e. The summed E-state index contributed by atoms with van der Waals surface area (Å²) in [7, 11) is 1.52. The first-order valence-corrected chi connectivity index (χ1v) is 5.40. The van der Waals surface area contributed by atoms with Crippen LogP contribution in [-0.4, -0.2) is 29.4 Å². The molecule has 0 radical (unpaired) electrons. The third-order valence-electron chi connectivity index (χ3n) is 2.23. The highest BCUT2D eigenvalue weighted by molar-refractivity contribution is 9.10. The molecule has 0 saturated heterocycles. The fourth-order valence-corrected chi connectivity index (χ4v) is 1.77. The number of aromatic carboxylic acids is 1. The Morgan fingerprint density at radius 1 is 1.62 bits per heavy atom. The second-order valence-corrected chi connectivity index (χ2v) is 4.13. The molecule has 0 aliphatic rings. The summed E-state index contributed by atoms with van der Waals surface area (Å²) in [6.45, 7) is 2.28. The van der Waals surface area contributed by atoms with Crippen LogP contribution in [0.4, 0.5) is 0 Å². The van der Waals surface area contributed by atoms with E-state index in [0.717, 1.165) is 0 Å². The van der Waals surface area contributed by atoms with Gasteiger partial charge in [-0.2, -0.15) is 0 Å². The van der Waals surface area contributed by atoms with Gasteiger partial charge in [0.1, 0.15) is 5.56 Å². The predicted octanol–water partition coefficient (Wildman–Crippen LogP) is 1.26. The quantitative estimate of drug-likeness (QED) is 0.906. The first kappa shape index (κ1) is 12.9. The molecule has 0 aliphatic carbocycles. The van der Waals surface area contributed by atoms with Crippen LogP contribution >= 0.6 is 15.9 Å². The zero-order valence-electron chi connectivity index (χ0n) is 8.99. The highest BCUT2D eigenvalue weighted by Gasteiger charge is 2.17. The van der Waals surface area contributed by atoms with Crippen molar-refractivity contribution in [2.24, 2.45) is 0 Å². The van der Waals surface area contributed by atoms with E-state index in [1.165, 1.54) is 11.7 Å². The summed E-state index contributed by atoms with van der Waals surface area (Å²) in [6, 6.07) is 0. The highest BCUT2D eigenvalue weighted by Crippen LogP contribution is 2.16. The number of aromatic nitrogens is 1. The topological polar surface area (TPSA) is 68.5 Å². The molecule has 0 saturated carbocycles. The Morgan fingerprint density at radius 2 is 2.25 bits per heavy atom. The molecule has 0 aliphatic heterocycles. The lowest BCUT2D eigenvalue weighted by Crippen LogP contribution is -2.28. The third kappa shape index (κ3) is 2.51. The molecule has 6 heteroatoms. The van der Waals surface area contributed by atoms with Crippen molar-refractivity contribution in [3.8, 4) is 0 Å². The summed E-state index contributed by atoms with van der Waals surface area (Å²) in [6.07, 6.45) is 1.57. The molecule has 0 unspecified atom stereocenters. The van der Waals surface area contributed by atoms with E-state index >= 15 is 0 Å². The lowest BCUT2D eigenvalue weighted by Gasteiger charge is -2.09. The number of carboxylic acids is 1. The number of hydrogen-bond donors (Lipinski definition) is 1. The van der Waals surface area contributed by atoms with Crippen LogP contribution in [0.3, 0.4) is 0 Å². The number of hydrogen-bond acceptors (Lipinski definition) is 3. The number of pyridine rings is 1. The minimum atomic E-state index is -1.21. The fraction of sp³-hybridized carbons (Fsp3) is 0.400. The highest BCUT2D eigenvalue weighted by atomic mass is 79.9. The first-order chi connectivity index (χ1) is 7.49. The Bertz CT molecular complexity index is 467. The zero-order chi connectivity index (χ0) is 12.3. The molecule has 0 bridgehead atoms. The zero-order valence-corrected chi connectivity index (χ0v) is 10.6. The number of halogens is 1. The average Bonchev–Trinajstić information content (AvgIpc) is 2.21. The summed E-state index contributed by atoms with van der Waals surface area (Å²) in [5.74, 6) is -1.21. The monoisotopic (exact) mass is 289 g/mol. The number of carboxylic acid groups (broad SMARTS) is 1. The second kappa shape index (κ2) is 5.27. The molecule has 16 heavy (non-hydrogen) atoms. The van der Waals surface area contributed by atoms with E-state index in [2.05, 4.69) is 15.9 Å². The molecule has 0 atom stereocenters. The third-order valence-corrected chi connectivity index (χ3v) is 3.03. The van der Waals surface area contributed by atoms with E-state index < -0.39 is 11.5 Å². The van der Waals surface area contributed by atoms with Crippen molar-refractivity contribution in [1.29, 1.82) is 0 Å². The molecule has 0 amide bonds. The van der Waals surface area contributed by atoms with Gasteiger partial charge < -0.3 is 14.4 Å². The van der Waals surface area contributed by atoms with Crippen molar-refractivity contribution >= 4 is 21.9 Å². The Balaban J connectivity index is 3.33. The summed E-state index contributed by atoms with van der Waals surface area (Å²) in [5, 5.41) is 8.96. The van der Waals surface area contributed by atoms with E-state index in [1.807, 2.05) is 0 Å².